The minimum atomic E-state index is 0.0718. The van der Waals surface area contributed by atoms with Crippen LogP contribution in [0.4, 0.5) is 0 Å². The zero-order valence-electron chi connectivity index (χ0n) is 15.8. The maximum atomic E-state index is 12.4. The molecule has 0 bridgehead atoms. The lowest BCUT2D eigenvalue weighted by atomic mass is 9.96. The van der Waals surface area contributed by atoms with Crippen LogP contribution < -0.4 is 5.32 Å². The summed E-state index contributed by atoms with van der Waals surface area (Å²) < 4.78 is 5.40. The highest BCUT2D eigenvalue weighted by Crippen LogP contribution is 2.20. The molecular formula is C22H24N4O2. The van der Waals surface area contributed by atoms with Crippen molar-refractivity contribution < 1.29 is 9.32 Å². The second-order valence-electron chi connectivity index (χ2n) is 7.13. The maximum absolute atomic E-state index is 12.4. The first-order valence-electron chi connectivity index (χ1n) is 9.70. The summed E-state index contributed by atoms with van der Waals surface area (Å²) in [5.41, 5.74) is 2.07. The van der Waals surface area contributed by atoms with Gasteiger partial charge in [0.05, 0.1) is 6.54 Å². The van der Waals surface area contributed by atoms with E-state index in [-0.39, 0.29) is 11.8 Å². The molecule has 1 aliphatic heterocycles. The second kappa shape index (κ2) is 8.80. The number of amides is 1. The van der Waals surface area contributed by atoms with Gasteiger partial charge in [-0.1, -0.05) is 65.8 Å². The van der Waals surface area contributed by atoms with Crippen molar-refractivity contribution in [1.29, 1.82) is 0 Å². The fraction of sp³-hybridized carbons (Fsp3) is 0.318. The predicted molar refractivity (Wildman–Crippen MR) is 106 cm³/mol. The van der Waals surface area contributed by atoms with Crippen LogP contribution in [0, 0.1) is 5.92 Å². The van der Waals surface area contributed by atoms with Crippen molar-refractivity contribution in [1.82, 2.24) is 20.4 Å². The number of hydrogen-bond acceptors (Lipinski definition) is 5. The van der Waals surface area contributed by atoms with E-state index in [1.807, 2.05) is 60.7 Å². The Kier molecular flexibility index (Phi) is 5.77. The van der Waals surface area contributed by atoms with Gasteiger partial charge in [-0.2, -0.15) is 4.98 Å². The smallest absolute Gasteiger partial charge is 0.241 e. The van der Waals surface area contributed by atoms with E-state index in [2.05, 4.69) is 20.4 Å². The van der Waals surface area contributed by atoms with E-state index < -0.39 is 0 Å². The molecule has 1 fully saturated rings. The number of carbonyl (C=O) groups excluding carboxylic acids is 1. The molecule has 0 aliphatic carbocycles. The number of piperidine rings is 1. The number of carbonyl (C=O) groups is 1. The van der Waals surface area contributed by atoms with Crippen LogP contribution in [0.1, 0.15) is 24.3 Å². The van der Waals surface area contributed by atoms with Crippen molar-refractivity contribution in [3.8, 4) is 11.4 Å². The Balaban J connectivity index is 1.24. The highest BCUT2D eigenvalue weighted by molar-refractivity contribution is 5.78. The van der Waals surface area contributed by atoms with E-state index >= 15 is 0 Å². The molecule has 1 aromatic heterocycles. The molecule has 1 amide bonds. The molecule has 2 heterocycles. The Bertz CT molecular complexity index is 887. The third-order valence-electron chi connectivity index (χ3n) is 5.13. The molecule has 1 N–H and O–H groups in total. The largest absolute Gasteiger partial charge is 0.352 e. The van der Waals surface area contributed by atoms with E-state index in [0.717, 1.165) is 37.1 Å². The SMILES string of the molecule is O=C(NCc1ccccc1)C1CCN(Cc2nc(-c3ccccc3)no2)CC1. The molecule has 1 aliphatic rings. The molecular weight excluding hydrogens is 352 g/mol. The third kappa shape index (κ3) is 4.64. The molecule has 144 valence electrons. The number of likely N-dealkylation sites (tertiary alicyclic amines) is 1. The predicted octanol–water partition coefficient (Wildman–Crippen LogP) is 3.27. The summed E-state index contributed by atoms with van der Waals surface area (Å²) in [5, 5.41) is 7.13. The van der Waals surface area contributed by atoms with Crippen LogP contribution in [-0.4, -0.2) is 34.0 Å². The fourth-order valence-electron chi connectivity index (χ4n) is 3.50. The van der Waals surface area contributed by atoms with Crippen molar-refractivity contribution in [3.63, 3.8) is 0 Å². The van der Waals surface area contributed by atoms with Crippen LogP contribution in [0.25, 0.3) is 11.4 Å². The molecule has 1 saturated heterocycles. The number of hydrogen-bond donors (Lipinski definition) is 1. The van der Waals surface area contributed by atoms with E-state index in [9.17, 15) is 4.79 Å². The lowest BCUT2D eigenvalue weighted by Gasteiger charge is -2.30. The molecule has 0 radical (unpaired) electrons. The molecule has 28 heavy (non-hydrogen) atoms. The van der Waals surface area contributed by atoms with E-state index in [1.165, 1.54) is 0 Å². The van der Waals surface area contributed by atoms with E-state index in [1.54, 1.807) is 0 Å². The van der Waals surface area contributed by atoms with Gasteiger partial charge in [0.15, 0.2) is 0 Å². The number of aromatic nitrogens is 2. The van der Waals surface area contributed by atoms with Crippen LogP contribution in [0.15, 0.2) is 65.2 Å². The molecule has 4 rings (SSSR count). The first-order chi connectivity index (χ1) is 13.8. The molecule has 0 spiro atoms. The number of nitrogens with one attached hydrogen (secondary N) is 1. The van der Waals surface area contributed by atoms with Crippen molar-refractivity contribution in [2.24, 2.45) is 5.92 Å². The van der Waals surface area contributed by atoms with Gasteiger partial charge >= 0.3 is 0 Å². The van der Waals surface area contributed by atoms with Crippen molar-refractivity contribution in [3.05, 3.63) is 72.1 Å². The number of rotatable bonds is 6. The van der Waals surface area contributed by atoms with E-state index in [4.69, 9.17) is 4.52 Å². The van der Waals surface area contributed by atoms with Crippen LogP contribution in [0.3, 0.4) is 0 Å². The molecule has 0 unspecified atom stereocenters. The highest BCUT2D eigenvalue weighted by atomic mass is 16.5. The van der Waals surface area contributed by atoms with Crippen LogP contribution >= 0.6 is 0 Å². The third-order valence-corrected chi connectivity index (χ3v) is 5.13. The average molecular weight is 376 g/mol. The lowest BCUT2D eigenvalue weighted by molar-refractivity contribution is -0.126. The molecule has 6 nitrogen and oxygen atoms in total. The second-order valence-corrected chi connectivity index (χ2v) is 7.13. The summed E-state index contributed by atoms with van der Waals surface area (Å²) in [4.78, 5) is 19.2. The van der Waals surface area contributed by atoms with Crippen molar-refractivity contribution in [2.45, 2.75) is 25.9 Å². The Morgan fingerprint density at radius 3 is 2.43 bits per heavy atom. The van der Waals surface area contributed by atoms with Gasteiger partial charge in [-0.15, -0.1) is 0 Å². The topological polar surface area (TPSA) is 71.3 Å². The van der Waals surface area contributed by atoms with Gasteiger partial charge in [-0.05, 0) is 31.5 Å². The van der Waals surface area contributed by atoms with Gasteiger partial charge in [-0.3, -0.25) is 9.69 Å². The van der Waals surface area contributed by atoms with Crippen LogP contribution in [0.5, 0.6) is 0 Å². The molecule has 0 atom stereocenters. The monoisotopic (exact) mass is 376 g/mol. The quantitative estimate of drug-likeness (QED) is 0.715. The van der Waals surface area contributed by atoms with Gasteiger partial charge in [-0.25, -0.2) is 0 Å². The summed E-state index contributed by atoms with van der Waals surface area (Å²) in [7, 11) is 0. The highest BCUT2D eigenvalue weighted by Gasteiger charge is 2.25. The summed E-state index contributed by atoms with van der Waals surface area (Å²) in [6.07, 6.45) is 1.70. The van der Waals surface area contributed by atoms with Crippen LogP contribution in [-0.2, 0) is 17.9 Å². The molecule has 3 aromatic rings. The standard InChI is InChI=1S/C22H24N4O2/c27-22(23-15-17-7-3-1-4-8-17)19-11-13-26(14-12-19)16-20-24-21(25-28-20)18-9-5-2-6-10-18/h1-10,19H,11-16H2,(H,23,27). The molecule has 0 saturated carbocycles. The first kappa shape index (κ1) is 18.4. The number of nitrogens with zero attached hydrogens (tertiary/aromatic N) is 3. The Hall–Kier alpha value is -2.99. The minimum Gasteiger partial charge on any atom is -0.352 e. The summed E-state index contributed by atoms with van der Waals surface area (Å²) in [6.45, 7) is 2.92. The number of benzene rings is 2. The zero-order chi connectivity index (χ0) is 19.2. The fourth-order valence-corrected chi connectivity index (χ4v) is 3.50. The van der Waals surface area contributed by atoms with Gasteiger partial charge in [0.1, 0.15) is 0 Å². The van der Waals surface area contributed by atoms with Gasteiger partial charge in [0.2, 0.25) is 17.6 Å². The molecule has 2 aromatic carbocycles. The Morgan fingerprint density at radius 2 is 1.71 bits per heavy atom. The van der Waals surface area contributed by atoms with Gasteiger partial charge < -0.3 is 9.84 Å². The van der Waals surface area contributed by atoms with Gasteiger partial charge in [0.25, 0.3) is 0 Å². The van der Waals surface area contributed by atoms with Crippen LogP contribution in [0.2, 0.25) is 0 Å². The Morgan fingerprint density at radius 1 is 1.04 bits per heavy atom. The van der Waals surface area contributed by atoms with E-state index in [0.29, 0.717) is 24.8 Å². The summed E-state index contributed by atoms with van der Waals surface area (Å²) in [6, 6.07) is 19.8. The maximum Gasteiger partial charge on any atom is 0.241 e. The lowest BCUT2D eigenvalue weighted by Crippen LogP contribution is -2.40. The summed E-state index contributed by atoms with van der Waals surface area (Å²) >= 11 is 0. The summed E-state index contributed by atoms with van der Waals surface area (Å²) in [5.74, 6) is 1.45. The van der Waals surface area contributed by atoms with Gasteiger partial charge in [0, 0.05) is 18.0 Å². The first-order valence-corrected chi connectivity index (χ1v) is 9.70. The minimum absolute atomic E-state index is 0.0718. The normalized spacial score (nSPS) is 15.4. The molecule has 6 heteroatoms. The Labute approximate surface area is 164 Å². The van der Waals surface area contributed by atoms with Crippen molar-refractivity contribution in [2.75, 3.05) is 13.1 Å². The zero-order valence-corrected chi connectivity index (χ0v) is 15.8. The average Bonchev–Trinajstić information content (AvgIpc) is 3.22. The van der Waals surface area contributed by atoms with Crippen molar-refractivity contribution >= 4 is 5.91 Å².